The monoisotopic (exact) mass is 310 g/mol. The molecular weight excluding hydrogens is 291 g/mol. The number of aryl methyl sites for hydroxylation is 1. The summed E-state index contributed by atoms with van der Waals surface area (Å²) in [5.74, 6) is 0.373. The summed E-state index contributed by atoms with van der Waals surface area (Å²) in [4.78, 5) is 8.85. The van der Waals surface area contributed by atoms with Gasteiger partial charge in [-0.3, -0.25) is 4.40 Å². The average Bonchev–Trinajstić information content (AvgIpc) is 2.95. The molecule has 0 fully saturated rings. The average molecular weight is 310 g/mol. The van der Waals surface area contributed by atoms with Crippen molar-refractivity contribution in [2.75, 3.05) is 5.32 Å². The first kappa shape index (κ1) is 15.2. The summed E-state index contributed by atoms with van der Waals surface area (Å²) >= 11 is 0. The van der Waals surface area contributed by atoms with Gasteiger partial charge in [0.25, 0.3) is 0 Å². The van der Waals surface area contributed by atoms with Crippen molar-refractivity contribution in [2.24, 2.45) is 0 Å². The lowest BCUT2D eigenvalue weighted by Crippen LogP contribution is -2.05. The molecular formula is C18H19FN4. The van der Waals surface area contributed by atoms with Gasteiger partial charge in [0, 0.05) is 11.8 Å². The quantitative estimate of drug-likeness (QED) is 0.718. The second kappa shape index (κ2) is 5.83. The van der Waals surface area contributed by atoms with Crippen molar-refractivity contribution in [2.45, 2.75) is 27.7 Å². The van der Waals surface area contributed by atoms with Crippen molar-refractivity contribution in [3.8, 4) is 0 Å². The fourth-order valence-electron chi connectivity index (χ4n) is 2.66. The molecule has 0 saturated carbocycles. The Morgan fingerprint density at radius 3 is 2.78 bits per heavy atom. The van der Waals surface area contributed by atoms with Gasteiger partial charge in [-0.2, -0.15) is 0 Å². The van der Waals surface area contributed by atoms with E-state index in [0.29, 0.717) is 11.3 Å². The highest BCUT2D eigenvalue weighted by atomic mass is 19.1. The van der Waals surface area contributed by atoms with E-state index in [4.69, 9.17) is 0 Å². The Bertz CT molecular complexity index is 946. The van der Waals surface area contributed by atoms with Crippen molar-refractivity contribution >= 4 is 22.4 Å². The second-order valence-electron chi connectivity index (χ2n) is 5.74. The number of halogens is 1. The van der Waals surface area contributed by atoms with Crippen molar-refractivity contribution in [3.05, 3.63) is 59.5 Å². The number of aromatic nitrogens is 3. The van der Waals surface area contributed by atoms with Gasteiger partial charge in [0.1, 0.15) is 11.3 Å². The molecule has 118 valence electrons. The third-order valence-corrected chi connectivity index (χ3v) is 3.72. The van der Waals surface area contributed by atoms with Gasteiger partial charge in [0.2, 0.25) is 0 Å². The van der Waals surface area contributed by atoms with Gasteiger partial charge in [-0.05, 0) is 45.4 Å². The van der Waals surface area contributed by atoms with Crippen LogP contribution in [-0.2, 0) is 0 Å². The number of rotatable bonds is 3. The number of imidazole rings is 1. The fraction of sp³-hybridized carbons (Fsp3) is 0.222. The molecule has 0 amide bonds. The van der Waals surface area contributed by atoms with E-state index in [-0.39, 0.29) is 5.82 Å². The molecule has 2 aromatic heterocycles. The van der Waals surface area contributed by atoms with Crippen LogP contribution in [0.5, 0.6) is 0 Å². The summed E-state index contributed by atoms with van der Waals surface area (Å²) in [6, 6.07) is 2.96. The predicted octanol–water partition coefficient (Wildman–Crippen LogP) is 4.61. The minimum atomic E-state index is -0.288. The first-order chi connectivity index (χ1) is 11.0. The second-order valence-corrected chi connectivity index (χ2v) is 5.74. The van der Waals surface area contributed by atoms with E-state index in [9.17, 15) is 4.39 Å². The van der Waals surface area contributed by atoms with Crippen LogP contribution in [0.1, 0.15) is 26.3 Å². The maximum Gasteiger partial charge on any atom is 0.157 e. The van der Waals surface area contributed by atoms with Crippen LogP contribution in [0, 0.1) is 12.7 Å². The predicted molar refractivity (Wildman–Crippen MR) is 92.0 cm³/mol. The molecule has 1 N–H and O–H groups in total. The Morgan fingerprint density at radius 1 is 1.30 bits per heavy atom. The first-order valence-corrected chi connectivity index (χ1v) is 7.50. The molecule has 1 aromatic carbocycles. The standard InChI is InChI=1S/C18H19FN4/c1-5-6-14(11(2)3)21-18-16-9-20-10-23(16)17-12(4)7-13(19)8-15(17)22-18/h5-10H,1-4H3,(H,21,22)/b6-5-. The summed E-state index contributed by atoms with van der Waals surface area (Å²) in [5.41, 5.74) is 5.26. The zero-order valence-electron chi connectivity index (χ0n) is 13.7. The summed E-state index contributed by atoms with van der Waals surface area (Å²) < 4.78 is 15.7. The molecule has 0 unspecified atom stereocenters. The van der Waals surface area contributed by atoms with E-state index < -0.39 is 0 Å². The molecule has 0 spiro atoms. The molecule has 0 bridgehead atoms. The first-order valence-electron chi connectivity index (χ1n) is 7.50. The van der Waals surface area contributed by atoms with E-state index in [1.54, 1.807) is 12.5 Å². The highest BCUT2D eigenvalue weighted by Crippen LogP contribution is 2.26. The van der Waals surface area contributed by atoms with Crippen LogP contribution in [-0.4, -0.2) is 14.4 Å². The van der Waals surface area contributed by atoms with Gasteiger partial charge in [0.15, 0.2) is 5.82 Å². The molecule has 0 radical (unpaired) electrons. The normalized spacial score (nSPS) is 11.5. The summed E-state index contributed by atoms with van der Waals surface area (Å²) in [6.45, 7) is 7.90. The van der Waals surface area contributed by atoms with Gasteiger partial charge in [-0.1, -0.05) is 11.6 Å². The Hall–Kier alpha value is -2.69. The van der Waals surface area contributed by atoms with Crippen LogP contribution in [0.3, 0.4) is 0 Å². The highest BCUT2D eigenvalue weighted by molar-refractivity contribution is 5.87. The van der Waals surface area contributed by atoms with Crippen LogP contribution in [0.4, 0.5) is 10.2 Å². The lowest BCUT2D eigenvalue weighted by Gasteiger charge is -2.13. The van der Waals surface area contributed by atoms with Crippen molar-refractivity contribution in [3.63, 3.8) is 0 Å². The van der Waals surface area contributed by atoms with Crippen molar-refractivity contribution < 1.29 is 4.39 Å². The summed E-state index contributed by atoms with van der Waals surface area (Å²) in [7, 11) is 0. The maximum atomic E-state index is 13.8. The number of fused-ring (bicyclic) bond motifs is 3. The lowest BCUT2D eigenvalue weighted by atomic mass is 10.2. The fourth-order valence-corrected chi connectivity index (χ4v) is 2.66. The topological polar surface area (TPSA) is 42.2 Å². The number of nitrogens with zero attached hydrogens (tertiary/aromatic N) is 3. The SMILES string of the molecule is C/C=C\C(Nc1nc2cc(F)cc(C)c2n2cncc12)=C(C)C. The molecule has 0 atom stereocenters. The van der Waals surface area contributed by atoms with Crippen LogP contribution in [0.2, 0.25) is 0 Å². The zero-order valence-corrected chi connectivity index (χ0v) is 13.7. The maximum absolute atomic E-state index is 13.8. The third kappa shape index (κ3) is 2.70. The summed E-state index contributed by atoms with van der Waals surface area (Å²) in [5, 5.41) is 3.34. The third-order valence-electron chi connectivity index (χ3n) is 3.72. The number of hydrogen-bond donors (Lipinski definition) is 1. The Labute approximate surface area is 134 Å². The van der Waals surface area contributed by atoms with Crippen LogP contribution < -0.4 is 5.32 Å². The minimum absolute atomic E-state index is 0.288. The number of hydrogen-bond acceptors (Lipinski definition) is 3. The van der Waals surface area contributed by atoms with Gasteiger partial charge >= 0.3 is 0 Å². The largest absolute Gasteiger partial charge is 0.338 e. The van der Waals surface area contributed by atoms with E-state index >= 15 is 0 Å². The van der Waals surface area contributed by atoms with Crippen LogP contribution in [0.15, 0.2) is 48.1 Å². The van der Waals surface area contributed by atoms with E-state index in [0.717, 1.165) is 27.9 Å². The van der Waals surface area contributed by atoms with E-state index in [2.05, 4.69) is 15.3 Å². The van der Waals surface area contributed by atoms with E-state index in [1.165, 1.54) is 12.1 Å². The zero-order chi connectivity index (χ0) is 16.6. The van der Waals surface area contributed by atoms with Crippen molar-refractivity contribution in [1.82, 2.24) is 14.4 Å². The van der Waals surface area contributed by atoms with Gasteiger partial charge < -0.3 is 5.32 Å². The number of allylic oxidation sites excluding steroid dienone is 3. The number of nitrogens with one attached hydrogen (secondary N) is 1. The molecule has 0 aliphatic heterocycles. The molecule has 0 aliphatic carbocycles. The molecule has 3 rings (SSSR count). The van der Waals surface area contributed by atoms with E-state index in [1.807, 2.05) is 44.2 Å². The van der Waals surface area contributed by atoms with Crippen LogP contribution in [0.25, 0.3) is 16.6 Å². The Kier molecular flexibility index (Phi) is 3.86. The van der Waals surface area contributed by atoms with Crippen molar-refractivity contribution in [1.29, 1.82) is 0 Å². The summed E-state index contributed by atoms with van der Waals surface area (Å²) in [6.07, 6.45) is 7.45. The molecule has 3 aromatic rings. The molecule has 5 heteroatoms. The molecule has 0 aliphatic rings. The number of benzene rings is 1. The minimum Gasteiger partial charge on any atom is -0.338 e. The van der Waals surface area contributed by atoms with Crippen LogP contribution >= 0.6 is 0 Å². The molecule has 0 saturated heterocycles. The lowest BCUT2D eigenvalue weighted by molar-refractivity contribution is 0.628. The van der Waals surface area contributed by atoms with Gasteiger partial charge in [-0.15, -0.1) is 0 Å². The Morgan fingerprint density at radius 2 is 2.09 bits per heavy atom. The molecule has 23 heavy (non-hydrogen) atoms. The highest BCUT2D eigenvalue weighted by Gasteiger charge is 2.12. The molecule has 2 heterocycles. The molecule has 4 nitrogen and oxygen atoms in total. The van der Waals surface area contributed by atoms with Gasteiger partial charge in [0.05, 0.1) is 23.6 Å². The smallest absolute Gasteiger partial charge is 0.157 e. The Balaban J connectivity index is 2.28. The number of anilines is 1. The van der Waals surface area contributed by atoms with Gasteiger partial charge in [-0.25, -0.2) is 14.4 Å².